The van der Waals surface area contributed by atoms with Crippen LogP contribution in [-0.2, 0) is 11.2 Å². The second-order valence-corrected chi connectivity index (χ2v) is 5.79. The normalized spacial score (nSPS) is 28.6. The van der Waals surface area contributed by atoms with Crippen molar-refractivity contribution in [2.75, 3.05) is 7.05 Å². The molecular formula is C16H21NO3. The number of aliphatic hydroxyl groups excluding tert-OH is 1. The summed E-state index contributed by atoms with van der Waals surface area (Å²) >= 11 is 0. The third kappa shape index (κ3) is 2.40. The Morgan fingerprint density at radius 3 is 2.80 bits per heavy atom. The molecule has 1 N–H and O–H groups in total. The van der Waals surface area contributed by atoms with Crippen LogP contribution in [0.3, 0.4) is 0 Å². The van der Waals surface area contributed by atoms with Crippen LogP contribution in [0.1, 0.15) is 31.2 Å². The van der Waals surface area contributed by atoms with Gasteiger partial charge in [0.15, 0.2) is 6.10 Å². The minimum atomic E-state index is -0.438. The molecule has 3 rings (SSSR count). The highest BCUT2D eigenvalue weighted by atomic mass is 16.5. The third-order valence-corrected chi connectivity index (χ3v) is 4.46. The first-order valence-corrected chi connectivity index (χ1v) is 7.36. The molecule has 1 aliphatic carbocycles. The Labute approximate surface area is 119 Å². The molecule has 3 unspecified atom stereocenters. The number of likely N-dealkylation sites (N-methyl/N-ethyl adjacent to an activating group) is 1. The van der Waals surface area contributed by atoms with Crippen LogP contribution in [0.2, 0.25) is 0 Å². The fourth-order valence-corrected chi connectivity index (χ4v) is 3.25. The number of para-hydroxylation sites is 1. The summed E-state index contributed by atoms with van der Waals surface area (Å²) in [4.78, 5) is 14.2. The average Bonchev–Trinajstić information content (AvgIpc) is 2.90. The first kappa shape index (κ1) is 13.4. The van der Waals surface area contributed by atoms with Gasteiger partial charge in [-0.2, -0.15) is 0 Å². The van der Waals surface area contributed by atoms with Gasteiger partial charge in [0.1, 0.15) is 5.75 Å². The highest BCUT2D eigenvalue weighted by molar-refractivity contribution is 5.82. The Morgan fingerprint density at radius 2 is 2.05 bits per heavy atom. The molecule has 108 valence electrons. The van der Waals surface area contributed by atoms with Gasteiger partial charge in [0, 0.05) is 13.5 Å². The van der Waals surface area contributed by atoms with Gasteiger partial charge in [-0.25, -0.2) is 0 Å². The number of aliphatic hydroxyl groups is 1. The summed E-state index contributed by atoms with van der Waals surface area (Å²) < 4.78 is 5.74. The number of rotatable bonds is 2. The molecule has 2 aliphatic rings. The summed E-state index contributed by atoms with van der Waals surface area (Å²) in [6.45, 7) is 0. The minimum absolute atomic E-state index is 0.0212. The van der Waals surface area contributed by atoms with E-state index in [4.69, 9.17) is 4.74 Å². The molecule has 4 nitrogen and oxygen atoms in total. The van der Waals surface area contributed by atoms with Gasteiger partial charge in [0.05, 0.1) is 12.1 Å². The zero-order chi connectivity index (χ0) is 14.1. The van der Waals surface area contributed by atoms with Gasteiger partial charge in [-0.1, -0.05) is 31.0 Å². The number of fused-ring (bicyclic) bond motifs is 1. The highest BCUT2D eigenvalue weighted by Gasteiger charge is 2.36. The molecule has 1 aromatic rings. The predicted molar refractivity (Wildman–Crippen MR) is 75.6 cm³/mol. The lowest BCUT2D eigenvalue weighted by atomic mass is 9.91. The van der Waals surface area contributed by atoms with E-state index >= 15 is 0 Å². The molecule has 1 fully saturated rings. The molecule has 0 spiro atoms. The quantitative estimate of drug-likeness (QED) is 0.894. The van der Waals surface area contributed by atoms with E-state index < -0.39 is 12.2 Å². The topological polar surface area (TPSA) is 49.8 Å². The van der Waals surface area contributed by atoms with Gasteiger partial charge in [-0.05, 0) is 24.5 Å². The van der Waals surface area contributed by atoms with Crippen molar-refractivity contribution in [2.45, 2.75) is 50.4 Å². The number of carbonyl (C=O) groups excluding carboxylic acids is 1. The smallest absolute Gasteiger partial charge is 0.264 e. The number of hydrogen-bond acceptors (Lipinski definition) is 3. The molecule has 0 radical (unpaired) electrons. The standard InChI is InChI=1S/C16H21NO3/c1-17(12-7-3-4-8-13(12)18)16(19)15-10-11-6-2-5-9-14(11)20-15/h2,5-6,9,12-13,15,18H,3-4,7-8,10H2,1H3. The van der Waals surface area contributed by atoms with Gasteiger partial charge < -0.3 is 14.7 Å². The largest absolute Gasteiger partial charge is 0.480 e. The lowest BCUT2D eigenvalue weighted by Gasteiger charge is -2.36. The van der Waals surface area contributed by atoms with Crippen molar-refractivity contribution in [2.24, 2.45) is 0 Å². The molecule has 20 heavy (non-hydrogen) atoms. The summed E-state index contributed by atoms with van der Waals surface area (Å²) in [6.07, 6.45) is 3.57. The van der Waals surface area contributed by atoms with Crippen LogP contribution >= 0.6 is 0 Å². The summed E-state index contributed by atoms with van der Waals surface area (Å²) in [5, 5.41) is 10.1. The van der Waals surface area contributed by atoms with E-state index in [1.807, 2.05) is 24.3 Å². The van der Waals surface area contributed by atoms with Gasteiger partial charge >= 0.3 is 0 Å². The molecule has 4 heteroatoms. The van der Waals surface area contributed by atoms with E-state index in [1.165, 1.54) is 0 Å². The Bertz CT molecular complexity index is 477. The van der Waals surface area contributed by atoms with E-state index in [-0.39, 0.29) is 11.9 Å². The van der Waals surface area contributed by atoms with E-state index in [9.17, 15) is 9.90 Å². The summed E-state index contributed by atoms with van der Waals surface area (Å²) in [5.41, 5.74) is 1.09. The van der Waals surface area contributed by atoms with Crippen LogP contribution in [-0.4, -0.2) is 41.2 Å². The molecule has 1 amide bonds. The summed E-state index contributed by atoms with van der Waals surface area (Å²) in [5.74, 6) is 0.788. The number of hydrogen-bond donors (Lipinski definition) is 1. The van der Waals surface area contributed by atoms with Crippen molar-refractivity contribution in [3.8, 4) is 5.75 Å². The van der Waals surface area contributed by atoms with Crippen LogP contribution in [0.4, 0.5) is 0 Å². The van der Waals surface area contributed by atoms with Gasteiger partial charge in [0.2, 0.25) is 0 Å². The van der Waals surface area contributed by atoms with Gasteiger partial charge in [-0.15, -0.1) is 0 Å². The van der Waals surface area contributed by atoms with Crippen LogP contribution in [0, 0.1) is 0 Å². The van der Waals surface area contributed by atoms with Crippen molar-refractivity contribution in [1.82, 2.24) is 4.90 Å². The Hall–Kier alpha value is -1.55. The van der Waals surface area contributed by atoms with E-state index in [1.54, 1.807) is 11.9 Å². The van der Waals surface area contributed by atoms with E-state index in [2.05, 4.69) is 0 Å². The average molecular weight is 275 g/mol. The number of ether oxygens (including phenoxy) is 1. The maximum absolute atomic E-state index is 12.5. The Kier molecular flexibility index (Phi) is 3.66. The molecule has 0 bridgehead atoms. The predicted octanol–water partition coefficient (Wildman–Crippen LogP) is 1.75. The Morgan fingerprint density at radius 1 is 1.30 bits per heavy atom. The maximum atomic E-state index is 12.5. The molecule has 1 aliphatic heterocycles. The van der Waals surface area contributed by atoms with Crippen LogP contribution < -0.4 is 4.74 Å². The van der Waals surface area contributed by atoms with Crippen LogP contribution in [0.25, 0.3) is 0 Å². The SMILES string of the molecule is CN(C(=O)C1Cc2ccccc2O1)C1CCCCC1O. The van der Waals surface area contributed by atoms with Gasteiger partial charge in [0.25, 0.3) is 5.91 Å². The first-order chi connectivity index (χ1) is 9.66. The van der Waals surface area contributed by atoms with Crippen molar-refractivity contribution in [3.05, 3.63) is 29.8 Å². The van der Waals surface area contributed by atoms with Crippen LogP contribution in [0.15, 0.2) is 24.3 Å². The molecular weight excluding hydrogens is 254 g/mol. The third-order valence-electron chi connectivity index (χ3n) is 4.46. The zero-order valence-electron chi connectivity index (χ0n) is 11.8. The number of amides is 1. The van der Waals surface area contributed by atoms with Crippen molar-refractivity contribution in [3.63, 3.8) is 0 Å². The summed E-state index contributed by atoms with van der Waals surface area (Å²) in [6, 6.07) is 7.71. The van der Waals surface area contributed by atoms with Crippen molar-refractivity contribution in [1.29, 1.82) is 0 Å². The van der Waals surface area contributed by atoms with Gasteiger partial charge in [-0.3, -0.25) is 4.79 Å². The molecule has 1 saturated carbocycles. The number of benzene rings is 1. The van der Waals surface area contributed by atoms with Crippen LogP contribution in [0.5, 0.6) is 5.75 Å². The lowest BCUT2D eigenvalue weighted by molar-refractivity contribution is -0.142. The monoisotopic (exact) mass is 275 g/mol. The molecule has 1 aromatic carbocycles. The van der Waals surface area contributed by atoms with E-state index in [0.29, 0.717) is 6.42 Å². The molecule has 0 aromatic heterocycles. The molecule has 3 atom stereocenters. The first-order valence-electron chi connectivity index (χ1n) is 7.36. The number of carbonyl (C=O) groups is 1. The second-order valence-electron chi connectivity index (χ2n) is 5.79. The maximum Gasteiger partial charge on any atom is 0.264 e. The van der Waals surface area contributed by atoms with E-state index in [0.717, 1.165) is 37.0 Å². The fraction of sp³-hybridized carbons (Fsp3) is 0.562. The lowest BCUT2D eigenvalue weighted by Crippen LogP contribution is -2.50. The highest BCUT2D eigenvalue weighted by Crippen LogP contribution is 2.30. The molecule has 0 saturated heterocycles. The minimum Gasteiger partial charge on any atom is -0.480 e. The fourth-order valence-electron chi connectivity index (χ4n) is 3.25. The zero-order valence-corrected chi connectivity index (χ0v) is 11.8. The number of nitrogens with zero attached hydrogens (tertiary/aromatic N) is 1. The van der Waals surface area contributed by atoms with Crippen molar-refractivity contribution >= 4 is 5.91 Å². The Balaban J connectivity index is 1.68. The van der Waals surface area contributed by atoms with Crippen molar-refractivity contribution < 1.29 is 14.6 Å². The molecule has 1 heterocycles. The summed E-state index contributed by atoms with van der Waals surface area (Å²) in [7, 11) is 1.79. The second kappa shape index (κ2) is 5.44.